The molecule has 0 saturated carbocycles. The summed E-state index contributed by atoms with van der Waals surface area (Å²) >= 11 is 2.06. The van der Waals surface area contributed by atoms with Crippen LogP contribution in [0.2, 0.25) is 0 Å². The van der Waals surface area contributed by atoms with Gasteiger partial charge in [-0.2, -0.15) is 5.10 Å². The Morgan fingerprint density at radius 2 is 0.786 bits per heavy atom. The van der Waals surface area contributed by atoms with Gasteiger partial charge in [-0.3, -0.25) is 0 Å². The van der Waals surface area contributed by atoms with Crippen molar-refractivity contribution in [2.45, 2.75) is 164 Å². The van der Waals surface area contributed by atoms with Gasteiger partial charge >= 0.3 is 5.96 Å². The van der Waals surface area contributed by atoms with Gasteiger partial charge in [-0.25, -0.2) is 34.9 Å². The molecule has 5 fully saturated rings. The highest BCUT2D eigenvalue weighted by molar-refractivity contribution is 14.1. The second kappa shape index (κ2) is 38.8. The van der Waals surface area contributed by atoms with Crippen LogP contribution in [0.4, 0.5) is 0 Å². The van der Waals surface area contributed by atoms with Crippen molar-refractivity contribution in [1.29, 1.82) is 0 Å². The second-order valence-electron chi connectivity index (χ2n) is 34.1. The average Bonchev–Trinajstić information content (AvgIpc) is 1.66. The van der Waals surface area contributed by atoms with E-state index in [1.165, 1.54) is 17.6 Å². The number of aliphatic imine (C=N–C) groups is 5. The Bertz CT molecular complexity index is 3850. The number of hydrogen-bond donors (Lipinski definition) is 16. The third-order valence-electron chi connectivity index (χ3n) is 19.5. The first kappa shape index (κ1) is 96.1. The van der Waals surface area contributed by atoms with Crippen molar-refractivity contribution in [1.82, 2.24) is 25.0 Å². The highest BCUT2D eigenvalue weighted by Gasteiger charge is 2.54. The number of hydrogen-bond acceptors (Lipinski definition) is 31. The molecule has 0 aromatic heterocycles. The molecule has 10 aliphatic rings. The quantitative estimate of drug-likeness (QED) is 0.0467. The maximum Gasteiger partial charge on any atom is 0.335 e. The van der Waals surface area contributed by atoms with Gasteiger partial charge in [0.15, 0.2) is 24.9 Å². The van der Waals surface area contributed by atoms with Gasteiger partial charge in [0, 0.05) is 24.2 Å². The van der Waals surface area contributed by atoms with Gasteiger partial charge in [0.25, 0.3) is 0 Å². The standard InChI is InChI=1S/C16H28N3O3P.C15H25IN3O3P.C15H26N3O3P.2C14H25N4O3P/c1-9-7-19(11(3)18-15(9)17)16-13(21)12(20)14(22-16)10(2)8-23(4,5)6;1-8(7-23(3,4)5)13-11(20)12(21)15(22-13)19-6-10(16)14(17)18-9(19)2;1-9(8-22(3,4)5)14-12(19)13(20)15(21-14)18-7-6-11(16)17-10(18)2;1-8(7-22(3,4)5)13-11(19)12(20)14(21-13)18-9(2)17-10(15)6-16-18;1-8(6-22(3,4)5)12-10(19)11(20)13(21-12)18-7-16-14(15)17-9(18)2/h7,10,12-14,16,20-21H,3-4,8H2,1-2,5-6H3,(H2,17,18);6,8,11-13,15,20-21H,2-3,7H2,1,4-5H3,(H2,17,18);6-7,9,12-15,19-20H,2-3,8H2,1,4-5H3,(H2,16,17);6,8,11-14,19-20H,2-3,7H2,1,4-5H3,(H2,15,17);7-8,10-13,19-20H,2-3,6H2,1,4-5H3,(H2,15,17)/p+1/t10?,12-,13+,14+,16+;8?,11-,12+,13+,15+;9?,12-,13+,14+,15+;8?,11-,12+,13+,14+;8?,10-,11+,12+,13+/m00000/s1. The van der Waals surface area contributed by atoms with Crippen LogP contribution in [-0.2, 0) is 23.7 Å². The minimum absolute atomic E-state index is 0.0751. The van der Waals surface area contributed by atoms with Gasteiger partial charge in [0.05, 0.1) is 40.3 Å². The molecular weight excluding hydrogens is 1650 g/mol. The van der Waals surface area contributed by atoms with Crippen molar-refractivity contribution in [2.75, 3.05) is 97.5 Å². The Morgan fingerprint density at radius 1 is 0.455 bits per heavy atom. The summed E-state index contributed by atoms with van der Waals surface area (Å²) in [6.07, 6.45) is 18.9. The molecule has 112 heavy (non-hydrogen) atoms. The highest BCUT2D eigenvalue weighted by Crippen LogP contribution is 2.47. The smallest absolute Gasteiger partial charge is 0.335 e. The third kappa shape index (κ3) is 25.6. The number of hydrazone groups is 1. The fourth-order valence-electron chi connectivity index (χ4n) is 14.9. The molecule has 10 aliphatic heterocycles. The number of nitrogens with two attached hydrogens (primary N) is 5. The van der Waals surface area contributed by atoms with Crippen LogP contribution in [-0.4, -0.2) is 369 Å². The van der Waals surface area contributed by atoms with Crippen LogP contribution in [0.25, 0.3) is 0 Å². The number of guanidine groups is 1. The monoisotopic (exact) mass is 1780 g/mol. The highest BCUT2D eigenvalue weighted by atomic mass is 127. The number of amidine groups is 4. The van der Waals surface area contributed by atoms with E-state index in [-0.39, 0.29) is 47.2 Å². The summed E-state index contributed by atoms with van der Waals surface area (Å²) in [5, 5.41) is 112. The van der Waals surface area contributed by atoms with Crippen molar-refractivity contribution in [3.63, 3.8) is 0 Å². The largest absolute Gasteiger partial charge is 0.388 e. The zero-order valence-corrected chi connectivity index (χ0v) is 74.6. The Balaban J connectivity index is 0.000000218. The van der Waals surface area contributed by atoms with Crippen LogP contribution < -0.4 is 34.0 Å². The number of aliphatic hydroxyl groups excluding tert-OH is 10. The van der Waals surface area contributed by atoms with Gasteiger partial charge in [-0.05, 0) is 169 Å². The van der Waals surface area contributed by atoms with Crippen molar-refractivity contribution >= 4 is 130 Å². The molecule has 21 N–H and O–H groups in total. The average molecular weight is 1780 g/mol. The van der Waals surface area contributed by atoms with Gasteiger partial charge in [-0.15, -0.1) is 65.9 Å². The zero-order valence-electron chi connectivity index (χ0n) is 67.9. The minimum Gasteiger partial charge on any atom is -0.388 e. The summed E-state index contributed by atoms with van der Waals surface area (Å²) in [4.78, 5) is 25.2. The van der Waals surface area contributed by atoms with Crippen LogP contribution >= 0.6 is 57.0 Å². The lowest BCUT2D eigenvalue weighted by molar-refractivity contribution is -0.578. The lowest BCUT2D eigenvalue weighted by Crippen LogP contribution is -2.46. The maximum absolute atomic E-state index is 10.4. The molecule has 0 aromatic carbocycles. The van der Waals surface area contributed by atoms with Crippen molar-refractivity contribution < 1.29 is 79.3 Å². The summed E-state index contributed by atoms with van der Waals surface area (Å²) in [6.45, 7) is 46.1. The van der Waals surface area contributed by atoms with E-state index in [1.807, 2.05) is 41.5 Å². The molecule has 5 saturated heterocycles. The molecule has 25 atom stereocenters. The van der Waals surface area contributed by atoms with Crippen molar-refractivity contribution in [3.05, 3.63) is 95.8 Å². The molecule has 0 aromatic rings. The summed E-state index contributed by atoms with van der Waals surface area (Å²) in [6, 6.07) is 0. The molecule has 632 valence electrons. The zero-order chi connectivity index (χ0) is 85.0. The molecule has 10 rings (SSSR count). The van der Waals surface area contributed by atoms with Crippen LogP contribution in [0.3, 0.4) is 0 Å². The lowest BCUT2D eigenvalue weighted by Gasteiger charge is -2.32. The Labute approximate surface area is 676 Å². The number of rotatable bonds is 20. The lowest BCUT2D eigenvalue weighted by atomic mass is 10.00. The van der Waals surface area contributed by atoms with E-state index in [0.717, 1.165) is 40.0 Å². The van der Waals surface area contributed by atoms with Gasteiger partial charge in [0.2, 0.25) is 18.4 Å². The number of halogens is 1. The molecular formula is C74H130IN17O15P5+. The minimum atomic E-state index is -1.26. The second-order valence-corrected chi connectivity index (χ2v) is 56.4. The van der Waals surface area contributed by atoms with E-state index < -0.39 is 157 Å². The molecule has 0 amide bonds. The van der Waals surface area contributed by atoms with E-state index >= 15 is 0 Å². The molecule has 5 unspecified atom stereocenters. The van der Waals surface area contributed by atoms with Gasteiger partial charge < -0.3 is 118 Å². The molecule has 0 radical (unpaired) electrons. The summed E-state index contributed by atoms with van der Waals surface area (Å²) in [5.74, 6) is 3.94. The van der Waals surface area contributed by atoms with Crippen molar-refractivity contribution in [2.24, 2.45) is 88.3 Å². The SMILES string of the molecule is C=C1N=C(N)C(C)=CN1[C@@H]1O[C@H](C(C)CP(=C)(C)C)[C@@H](O)[C@H]1O.C=C1N=C(N)C(I)=CN1[C@@H]1O[C@H](C(C)CP(=C)(C)C)[C@@H](O)[C@H]1O.C=C1N=C(N)C=CN1[C@@H]1O[C@H](C(C)CP(=C)(C)C)[C@@H](O)[C@H]1O.C=C1N=C(N)C=NN1[C@@H]1O[C@H](C(C)CP(=C)(C)C)[C@@H](O)[C@H]1O.C=C1NC(N)=NC=[N+]1[C@@H]1O[C@H](C(C)CP(=C)(C)C)[C@@H](O)[C@H]1O. The van der Waals surface area contributed by atoms with E-state index in [0.29, 0.717) is 40.8 Å². The Morgan fingerprint density at radius 3 is 1.16 bits per heavy atom. The summed E-state index contributed by atoms with van der Waals surface area (Å²) in [5.41, 5.74) is 29.0. The fraction of sp³-hybridized carbons (Fsp3) is 0.622. The molecule has 38 heteroatoms. The van der Waals surface area contributed by atoms with Crippen molar-refractivity contribution in [3.8, 4) is 0 Å². The van der Waals surface area contributed by atoms with Crippen LogP contribution in [0.15, 0.2) is 126 Å². The normalized spacial score (nSPS) is 33.8. The molecule has 10 heterocycles. The van der Waals surface area contributed by atoms with Crippen LogP contribution in [0.5, 0.6) is 0 Å². The third-order valence-corrected chi connectivity index (χ3v) is 28.1. The van der Waals surface area contributed by atoms with E-state index in [2.05, 4.69) is 189 Å². The van der Waals surface area contributed by atoms with Crippen LogP contribution in [0, 0.1) is 29.6 Å². The van der Waals surface area contributed by atoms with E-state index in [4.69, 9.17) is 52.4 Å². The van der Waals surface area contributed by atoms with Gasteiger partial charge in [-0.1, -0.05) is 65.9 Å². The first-order valence-corrected chi connectivity index (χ1v) is 53.1. The number of ether oxygens (including phenoxy) is 5. The first-order chi connectivity index (χ1) is 51.3. The molecule has 0 bridgehead atoms. The Hall–Kier alpha value is -4.76. The van der Waals surface area contributed by atoms with Gasteiger partial charge in [0.1, 0.15) is 108 Å². The van der Waals surface area contributed by atoms with E-state index in [9.17, 15) is 51.1 Å². The van der Waals surface area contributed by atoms with Crippen LogP contribution in [0.1, 0.15) is 41.5 Å². The summed E-state index contributed by atoms with van der Waals surface area (Å²) in [7, 11) is 0. The maximum atomic E-state index is 10.4. The molecule has 32 nitrogen and oxygen atoms in total. The summed E-state index contributed by atoms with van der Waals surface area (Å²) < 4.78 is 32.0. The number of aliphatic hydroxyl groups is 10. The first-order valence-electron chi connectivity index (χ1n) is 36.7. The predicted octanol–water partition coefficient (Wildman–Crippen LogP) is 1.58. The number of nitrogens with zero attached hydrogens (tertiary/aromatic N) is 11. The topological polar surface area (TPSA) is 481 Å². The predicted molar refractivity (Wildman–Crippen MR) is 477 cm³/mol. The molecule has 0 spiro atoms. The fourth-order valence-corrected chi connectivity index (χ4v) is 24.2. The molecule has 0 aliphatic carbocycles. The number of nitrogens with one attached hydrogen (secondary N) is 1. The Kier molecular flexibility index (Phi) is 33.2. The van der Waals surface area contributed by atoms with E-state index in [1.54, 1.807) is 44.0 Å².